The van der Waals surface area contributed by atoms with Gasteiger partial charge in [-0.2, -0.15) is 0 Å². The van der Waals surface area contributed by atoms with Crippen molar-refractivity contribution in [3.05, 3.63) is 122 Å². The minimum Gasteiger partial charge on any atom is -0.462 e. The van der Waals surface area contributed by atoms with Crippen LogP contribution in [0, 0.1) is 0 Å². The fraction of sp³-hybridized carbons (Fsp3) is 0.662. The van der Waals surface area contributed by atoms with Gasteiger partial charge in [0.05, 0.1) is 0 Å². The highest BCUT2D eigenvalue weighted by atomic mass is 16.6. The second-order valence-corrected chi connectivity index (χ2v) is 19.9. The van der Waals surface area contributed by atoms with Gasteiger partial charge >= 0.3 is 17.9 Å². The maximum atomic E-state index is 12.9. The number of ether oxygens (including phenoxy) is 3. The molecule has 0 heterocycles. The highest BCUT2D eigenvalue weighted by molar-refractivity contribution is 5.71. The van der Waals surface area contributed by atoms with E-state index in [0.717, 1.165) is 128 Å². The van der Waals surface area contributed by atoms with Crippen LogP contribution in [0.4, 0.5) is 0 Å². The summed E-state index contributed by atoms with van der Waals surface area (Å²) in [6, 6.07) is 0. The molecule has 6 heteroatoms. The van der Waals surface area contributed by atoms with E-state index >= 15 is 0 Å². The third kappa shape index (κ3) is 58.7. The van der Waals surface area contributed by atoms with E-state index in [2.05, 4.69) is 142 Å². The number of allylic oxidation sites excluding steroid dienone is 20. The Hall–Kier alpha value is -4.19. The van der Waals surface area contributed by atoms with E-state index in [1.54, 1.807) is 0 Å². The molecule has 0 spiro atoms. The molecule has 74 heavy (non-hydrogen) atoms. The van der Waals surface area contributed by atoms with Gasteiger partial charge in [0.25, 0.3) is 0 Å². The van der Waals surface area contributed by atoms with Gasteiger partial charge in [-0.05, 0) is 109 Å². The van der Waals surface area contributed by atoms with Crippen LogP contribution in [0.1, 0.15) is 271 Å². The van der Waals surface area contributed by atoms with E-state index in [-0.39, 0.29) is 31.1 Å². The molecule has 0 saturated heterocycles. The Morgan fingerprint density at radius 1 is 0.297 bits per heavy atom. The minimum absolute atomic E-state index is 0.0933. The number of unbranched alkanes of at least 4 members (excludes halogenated alkanes) is 26. The maximum Gasteiger partial charge on any atom is 0.306 e. The monoisotopic (exact) mass is 1020 g/mol. The summed E-state index contributed by atoms with van der Waals surface area (Å²) in [5, 5.41) is 0. The third-order valence-electron chi connectivity index (χ3n) is 12.8. The summed E-state index contributed by atoms with van der Waals surface area (Å²) in [6.45, 7) is 6.37. The lowest BCUT2D eigenvalue weighted by molar-refractivity contribution is -0.167. The standard InChI is InChI=1S/C68H112O6/c1-4-7-10-13-16-19-22-25-28-31-34-37-40-43-46-49-52-55-58-61-67(70)73-64-65(63-72-66(69)60-57-54-51-48-45-42-39-36-33-30-27-24-21-18-15-12-9-6-3)74-68(71)62-59-56-53-50-47-44-41-38-35-32-29-26-23-20-17-14-11-8-5-2/h7-8,10-11,16-21,24-30,33,36,39,65H,4-6,9,12-15,22-23,31-32,34-35,37-38,40-64H2,1-3H3/b10-7-,11-8-,19-16-,20-17-,21-18-,27-24-,28-25-,29-26-,33-30-,39-36-. The van der Waals surface area contributed by atoms with Crippen LogP contribution in [0.3, 0.4) is 0 Å². The summed E-state index contributed by atoms with van der Waals surface area (Å²) in [6.07, 6.45) is 84.7. The number of hydrogen-bond donors (Lipinski definition) is 0. The van der Waals surface area contributed by atoms with Crippen molar-refractivity contribution in [3.8, 4) is 0 Å². The second kappa shape index (κ2) is 61.4. The highest BCUT2D eigenvalue weighted by Gasteiger charge is 2.19. The Morgan fingerprint density at radius 2 is 0.581 bits per heavy atom. The van der Waals surface area contributed by atoms with Crippen molar-refractivity contribution in [2.45, 2.75) is 277 Å². The van der Waals surface area contributed by atoms with Crippen molar-refractivity contribution in [3.63, 3.8) is 0 Å². The predicted molar refractivity (Wildman–Crippen MR) is 320 cm³/mol. The fourth-order valence-electron chi connectivity index (χ4n) is 8.25. The molecule has 0 amide bonds. The van der Waals surface area contributed by atoms with Crippen LogP contribution >= 0.6 is 0 Å². The molecule has 0 aromatic heterocycles. The molecule has 0 N–H and O–H groups in total. The molecule has 0 aliphatic rings. The highest BCUT2D eigenvalue weighted by Crippen LogP contribution is 2.15. The van der Waals surface area contributed by atoms with Gasteiger partial charge in [0, 0.05) is 19.3 Å². The van der Waals surface area contributed by atoms with E-state index in [1.165, 1.54) is 103 Å². The van der Waals surface area contributed by atoms with Gasteiger partial charge in [0.1, 0.15) is 13.2 Å². The van der Waals surface area contributed by atoms with Crippen molar-refractivity contribution in [2.75, 3.05) is 13.2 Å². The normalized spacial score (nSPS) is 13.0. The number of carbonyl (C=O) groups is 3. The van der Waals surface area contributed by atoms with Gasteiger partial charge in [-0.25, -0.2) is 0 Å². The maximum absolute atomic E-state index is 12.9. The summed E-state index contributed by atoms with van der Waals surface area (Å²) < 4.78 is 16.9. The van der Waals surface area contributed by atoms with Gasteiger partial charge in [0.15, 0.2) is 6.10 Å². The molecule has 0 aromatic carbocycles. The molecule has 6 nitrogen and oxygen atoms in total. The largest absolute Gasteiger partial charge is 0.462 e. The molecule has 0 fully saturated rings. The smallest absolute Gasteiger partial charge is 0.306 e. The number of rotatable bonds is 54. The minimum atomic E-state index is -0.798. The molecule has 0 saturated carbocycles. The first kappa shape index (κ1) is 69.8. The van der Waals surface area contributed by atoms with Crippen molar-refractivity contribution < 1.29 is 28.6 Å². The van der Waals surface area contributed by atoms with Crippen LogP contribution < -0.4 is 0 Å². The zero-order valence-corrected chi connectivity index (χ0v) is 48.1. The first-order valence-electron chi connectivity index (χ1n) is 30.6. The molecular formula is C68H112O6. The quantitative estimate of drug-likeness (QED) is 0.0199. The van der Waals surface area contributed by atoms with E-state index in [0.29, 0.717) is 19.3 Å². The van der Waals surface area contributed by atoms with E-state index in [1.807, 2.05) is 0 Å². The Labute approximate surface area is 456 Å². The molecule has 1 atom stereocenters. The Kier molecular flexibility index (Phi) is 57.9. The van der Waals surface area contributed by atoms with E-state index in [9.17, 15) is 14.4 Å². The van der Waals surface area contributed by atoms with Crippen LogP contribution in [0.15, 0.2) is 122 Å². The summed E-state index contributed by atoms with van der Waals surface area (Å²) in [7, 11) is 0. The summed E-state index contributed by atoms with van der Waals surface area (Å²) in [5.74, 6) is -0.924. The third-order valence-corrected chi connectivity index (χ3v) is 12.8. The number of esters is 3. The van der Waals surface area contributed by atoms with Gasteiger partial charge < -0.3 is 14.2 Å². The van der Waals surface area contributed by atoms with E-state index < -0.39 is 6.10 Å². The van der Waals surface area contributed by atoms with Crippen LogP contribution in [0.25, 0.3) is 0 Å². The van der Waals surface area contributed by atoms with Crippen molar-refractivity contribution in [1.29, 1.82) is 0 Å². The van der Waals surface area contributed by atoms with Gasteiger partial charge in [-0.3, -0.25) is 14.4 Å². The Morgan fingerprint density at radius 3 is 0.946 bits per heavy atom. The average Bonchev–Trinajstić information content (AvgIpc) is 3.40. The summed E-state index contributed by atoms with van der Waals surface area (Å²) in [4.78, 5) is 38.3. The van der Waals surface area contributed by atoms with Crippen LogP contribution in [-0.4, -0.2) is 37.2 Å². The van der Waals surface area contributed by atoms with Crippen LogP contribution in [-0.2, 0) is 28.6 Å². The van der Waals surface area contributed by atoms with E-state index in [4.69, 9.17) is 14.2 Å². The lowest BCUT2D eigenvalue weighted by Crippen LogP contribution is -2.30. The van der Waals surface area contributed by atoms with Crippen molar-refractivity contribution in [1.82, 2.24) is 0 Å². The molecule has 0 aromatic rings. The number of carbonyl (C=O) groups excluding carboxylic acids is 3. The summed E-state index contributed by atoms with van der Waals surface area (Å²) in [5.41, 5.74) is 0. The topological polar surface area (TPSA) is 78.9 Å². The molecule has 1 unspecified atom stereocenters. The van der Waals surface area contributed by atoms with Gasteiger partial charge in [-0.1, -0.05) is 264 Å². The first-order valence-corrected chi connectivity index (χ1v) is 30.6. The Balaban J connectivity index is 4.46. The number of hydrogen-bond acceptors (Lipinski definition) is 6. The van der Waals surface area contributed by atoms with Crippen LogP contribution in [0.5, 0.6) is 0 Å². The molecule has 0 rings (SSSR count). The zero-order valence-electron chi connectivity index (χ0n) is 48.1. The van der Waals surface area contributed by atoms with Crippen molar-refractivity contribution in [2.24, 2.45) is 0 Å². The molecule has 0 aliphatic carbocycles. The first-order chi connectivity index (χ1) is 36.5. The molecule has 0 radical (unpaired) electrons. The van der Waals surface area contributed by atoms with Crippen LogP contribution in [0.2, 0.25) is 0 Å². The lowest BCUT2D eigenvalue weighted by Gasteiger charge is -2.18. The molecule has 0 bridgehead atoms. The predicted octanol–water partition coefficient (Wildman–Crippen LogP) is 20.8. The second-order valence-electron chi connectivity index (χ2n) is 19.9. The molecular weight excluding hydrogens is 913 g/mol. The lowest BCUT2D eigenvalue weighted by atomic mass is 10.1. The fourth-order valence-corrected chi connectivity index (χ4v) is 8.25. The van der Waals surface area contributed by atoms with Gasteiger partial charge in [-0.15, -0.1) is 0 Å². The van der Waals surface area contributed by atoms with Crippen molar-refractivity contribution >= 4 is 17.9 Å². The molecule has 0 aliphatic heterocycles. The Bertz CT molecular complexity index is 1550. The average molecular weight is 1030 g/mol. The SMILES string of the molecule is CC/C=C\C/C=C\C/C=C\CCCCCCCCCCCC(=O)OCC(COC(=O)CCCCCCC\C=C/C=C\C=C/C=C\CCCCC)OC(=O)CCCCCCCCCCC/C=C\C/C=C\C/C=C\CC. The van der Waals surface area contributed by atoms with Gasteiger partial charge in [0.2, 0.25) is 0 Å². The zero-order chi connectivity index (χ0) is 53.6. The summed E-state index contributed by atoms with van der Waals surface area (Å²) >= 11 is 0. The molecule has 420 valence electrons.